The van der Waals surface area contributed by atoms with E-state index in [-0.39, 0.29) is 32.0 Å². The molecule has 0 radical (unpaired) electrons. The Bertz CT molecular complexity index is 1300. The van der Waals surface area contributed by atoms with E-state index >= 15 is 0 Å². The summed E-state index contributed by atoms with van der Waals surface area (Å²) in [6.45, 7) is 4.19. The van der Waals surface area contributed by atoms with Crippen molar-refractivity contribution in [1.29, 1.82) is 0 Å². The minimum Gasteiger partial charge on any atom is -0.756 e. The number of likely N-dealkylation sites (N-methyl/N-ethyl adjacent to an activating group) is 1. The smallest absolute Gasteiger partial charge is 0.306 e. The van der Waals surface area contributed by atoms with Gasteiger partial charge >= 0.3 is 11.9 Å². The van der Waals surface area contributed by atoms with E-state index in [9.17, 15) is 19.0 Å². The largest absolute Gasteiger partial charge is 0.756 e. The van der Waals surface area contributed by atoms with Crippen molar-refractivity contribution >= 4 is 19.8 Å². The Hall–Kier alpha value is -2.29. The molecule has 2 unspecified atom stereocenters. The predicted octanol–water partition coefficient (Wildman–Crippen LogP) is 15.7. The van der Waals surface area contributed by atoms with Crippen LogP contribution in [0.15, 0.2) is 60.8 Å². The van der Waals surface area contributed by atoms with Crippen LogP contribution in [0.1, 0.15) is 232 Å². The third kappa shape index (κ3) is 51.1. The molecule has 0 saturated carbocycles. The normalized spacial score (nSPS) is 13.8. The molecular weight excluding hydrogens is 846 g/mol. The highest BCUT2D eigenvalue weighted by atomic mass is 31.2. The topological polar surface area (TPSA) is 111 Å². The number of hydrogen-bond acceptors (Lipinski definition) is 8. The fourth-order valence-electron chi connectivity index (χ4n) is 7.28. The van der Waals surface area contributed by atoms with E-state index in [1.54, 1.807) is 0 Å². The number of carbonyl (C=O) groups excluding carboxylic acids is 2. The molecule has 2 atom stereocenters. The minimum atomic E-state index is -4.64. The predicted molar refractivity (Wildman–Crippen MR) is 277 cm³/mol. The molecule has 0 aliphatic carbocycles. The minimum absolute atomic E-state index is 0.0358. The van der Waals surface area contributed by atoms with Crippen LogP contribution in [0.2, 0.25) is 0 Å². The molecule has 0 aromatic heterocycles. The maximum atomic E-state index is 12.8. The lowest BCUT2D eigenvalue weighted by Crippen LogP contribution is -2.37. The molecule has 0 heterocycles. The number of rotatable bonds is 49. The van der Waals surface area contributed by atoms with Gasteiger partial charge in [0, 0.05) is 12.8 Å². The number of quaternary nitrogens is 1. The highest BCUT2D eigenvalue weighted by Crippen LogP contribution is 2.38. The first-order valence-electron chi connectivity index (χ1n) is 27.0. The molecule has 0 bridgehead atoms. The first-order chi connectivity index (χ1) is 32.0. The molecule has 0 fully saturated rings. The molecule has 0 aromatic rings. The summed E-state index contributed by atoms with van der Waals surface area (Å²) >= 11 is 0. The van der Waals surface area contributed by atoms with Gasteiger partial charge in [-0.25, -0.2) is 0 Å². The van der Waals surface area contributed by atoms with Crippen LogP contribution < -0.4 is 4.89 Å². The Morgan fingerprint density at radius 1 is 0.470 bits per heavy atom. The zero-order chi connectivity index (χ0) is 48.5. The van der Waals surface area contributed by atoms with Gasteiger partial charge in [0.2, 0.25) is 0 Å². The molecule has 0 amide bonds. The van der Waals surface area contributed by atoms with Crippen LogP contribution in [0.3, 0.4) is 0 Å². The van der Waals surface area contributed by atoms with E-state index in [1.807, 2.05) is 21.1 Å². The maximum absolute atomic E-state index is 12.8. The fraction of sp³-hybridized carbons (Fsp3) is 0.786. The number of hydrogen-bond donors (Lipinski definition) is 0. The molecule has 0 aliphatic heterocycles. The zero-order valence-electron chi connectivity index (χ0n) is 43.4. The van der Waals surface area contributed by atoms with E-state index in [4.69, 9.17) is 18.5 Å². The molecule has 0 saturated heterocycles. The van der Waals surface area contributed by atoms with Crippen LogP contribution in [-0.2, 0) is 32.7 Å². The van der Waals surface area contributed by atoms with Crippen molar-refractivity contribution in [2.75, 3.05) is 47.5 Å². The second-order valence-electron chi connectivity index (χ2n) is 19.2. The third-order valence-corrected chi connectivity index (χ3v) is 12.5. The number of unbranched alkanes of at least 4 members (excludes halogenated alkanes) is 25. The Morgan fingerprint density at radius 3 is 1.24 bits per heavy atom. The summed E-state index contributed by atoms with van der Waals surface area (Å²) in [4.78, 5) is 37.8. The molecule has 10 heteroatoms. The lowest BCUT2D eigenvalue weighted by atomic mass is 10.0. The summed E-state index contributed by atoms with van der Waals surface area (Å²) < 4.78 is 34.1. The molecule has 384 valence electrons. The van der Waals surface area contributed by atoms with Crippen LogP contribution in [0.25, 0.3) is 0 Å². The average Bonchev–Trinajstić information content (AvgIpc) is 3.27. The summed E-state index contributed by atoms with van der Waals surface area (Å²) in [5.41, 5.74) is 0. The van der Waals surface area contributed by atoms with Crippen molar-refractivity contribution in [1.82, 2.24) is 0 Å². The lowest BCUT2D eigenvalue weighted by molar-refractivity contribution is -0.870. The van der Waals surface area contributed by atoms with Gasteiger partial charge in [0.05, 0.1) is 27.7 Å². The van der Waals surface area contributed by atoms with Crippen molar-refractivity contribution in [3.63, 3.8) is 0 Å². The van der Waals surface area contributed by atoms with E-state index in [1.165, 1.54) is 122 Å². The van der Waals surface area contributed by atoms with Crippen molar-refractivity contribution in [3.05, 3.63) is 60.8 Å². The summed E-state index contributed by atoms with van der Waals surface area (Å²) in [7, 11) is 1.15. The van der Waals surface area contributed by atoms with Crippen molar-refractivity contribution in [2.24, 2.45) is 0 Å². The molecule has 0 aliphatic rings. The van der Waals surface area contributed by atoms with E-state index < -0.39 is 26.5 Å². The molecule has 9 nitrogen and oxygen atoms in total. The molecule has 66 heavy (non-hydrogen) atoms. The maximum Gasteiger partial charge on any atom is 0.306 e. The lowest BCUT2D eigenvalue weighted by Gasteiger charge is -2.28. The van der Waals surface area contributed by atoms with E-state index in [0.29, 0.717) is 17.4 Å². The van der Waals surface area contributed by atoms with Crippen LogP contribution in [0, 0.1) is 0 Å². The average molecular weight is 948 g/mol. The number of esters is 2. The van der Waals surface area contributed by atoms with Crippen molar-refractivity contribution in [2.45, 2.75) is 238 Å². The quantitative estimate of drug-likeness (QED) is 0.0195. The second kappa shape index (κ2) is 47.8. The second-order valence-corrected chi connectivity index (χ2v) is 20.6. The van der Waals surface area contributed by atoms with E-state index in [0.717, 1.165) is 77.0 Å². The molecular formula is C56H102NO8P. The van der Waals surface area contributed by atoms with Gasteiger partial charge in [-0.1, -0.05) is 197 Å². The fourth-order valence-corrected chi connectivity index (χ4v) is 8.01. The number of phosphoric ester groups is 1. The summed E-state index contributed by atoms with van der Waals surface area (Å²) in [6, 6.07) is 0. The first-order valence-corrected chi connectivity index (χ1v) is 28.5. The Morgan fingerprint density at radius 2 is 0.818 bits per heavy atom. The van der Waals surface area contributed by atoms with Crippen molar-refractivity contribution < 1.29 is 42.1 Å². The van der Waals surface area contributed by atoms with Gasteiger partial charge < -0.3 is 27.9 Å². The number of phosphoric acid groups is 1. The van der Waals surface area contributed by atoms with Gasteiger partial charge in [0.1, 0.15) is 19.8 Å². The number of nitrogens with zero attached hydrogens (tertiary/aromatic N) is 1. The summed E-state index contributed by atoms with van der Waals surface area (Å²) in [6.07, 6.45) is 59.6. The van der Waals surface area contributed by atoms with Gasteiger partial charge in [-0.15, -0.1) is 0 Å². The van der Waals surface area contributed by atoms with Crippen molar-refractivity contribution in [3.8, 4) is 0 Å². The van der Waals surface area contributed by atoms with Crippen LogP contribution >= 0.6 is 7.82 Å². The van der Waals surface area contributed by atoms with Crippen LogP contribution in [-0.4, -0.2) is 70.0 Å². The summed E-state index contributed by atoms with van der Waals surface area (Å²) in [5.74, 6) is -0.848. The zero-order valence-corrected chi connectivity index (χ0v) is 44.3. The Kier molecular flexibility index (Phi) is 46.1. The highest BCUT2D eigenvalue weighted by Gasteiger charge is 2.21. The first kappa shape index (κ1) is 63.7. The van der Waals surface area contributed by atoms with Crippen LogP contribution in [0.5, 0.6) is 0 Å². The van der Waals surface area contributed by atoms with Gasteiger partial charge in [0.25, 0.3) is 7.82 Å². The third-order valence-electron chi connectivity index (χ3n) is 11.5. The number of carbonyl (C=O) groups is 2. The van der Waals surface area contributed by atoms with Gasteiger partial charge in [-0.05, 0) is 83.5 Å². The monoisotopic (exact) mass is 948 g/mol. The van der Waals surface area contributed by atoms with Gasteiger partial charge in [-0.3, -0.25) is 14.2 Å². The molecule has 0 spiro atoms. The molecule has 0 aromatic carbocycles. The highest BCUT2D eigenvalue weighted by molar-refractivity contribution is 7.45. The Balaban J connectivity index is 4.24. The molecule has 0 rings (SSSR count). The van der Waals surface area contributed by atoms with Gasteiger partial charge in [-0.2, -0.15) is 0 Å². The number of allylic oxidation sites excluding steroid dienone is 10. The van der Waals surface area contributed by atoms with E-state index in [2.05, 4.69) is 74.6 Å². The number of ether oxygens (including phenoxy) is 2. The molecule has 0 N–H and O–H groups in total. The van der Waals surface area contributed by atoms with Crippen LogP contribution in [0.4, 0.5) is 0 Å². The SMILES string of the molecule is CCCCC/C=C\C/C=C\C/C=C\CCCCCCCCC(=O)OC(COC(=O)CCCCCCCCCCCCC/C=C\C/C=C\CCCCCCC)COP(=O)([O-])OCC[N+](C)(C)C. The van der Waals surface area contributed by atoms with Gasteiger partial charge in [0.15, 0.2) is 6.10 Å². The summed E-state index contributed by atoms with van der Waals surface area (Å²) in [5, 5.41) is 0. The Labute approximate surface area is 406 Å². The standard InChI is InChI=1S/C56H102NO8P/c1-6-8-10-12-14-16-18-20-22-24-26-27-28-29-31-32-34-36-38-40-42-44-46-48-55(58)62-52-54(53-64-66(60,61)63-51-50-57(3,4)5)65-56(59)49-47-45-43-41-39-37-35-33-30-25-23-21-19-17-15-13-11-9-7-2/h15,17-18,20-21,23-24,26,30,33,54H,6-14,16,19,22,25,27-29,31-32,34-53H2,1-5H3/b17-15-,20-18-,23-21-,26-24-,33-30-.